The van der Waals surface area contributed by atoms with Crippen LogP contribution in [0.3, 0.4) is 0 Å². The maximum absolute atomic E-state index is 12.6. The fourth-order valence-corrected chi connectivity index (χ4v) is 6.51. The molecule has 55 heavy (non-hydrogen) atoms. The van der Waals surface area contributed by atoms with E-state index in [0.717, 1.165) is 51.4 Å². The molecule has 0 amide bonds. The smallest absolute Gasteiger partial charge is 0.462 e. The van der Waals surface area contributed by atoms with Gasteiger partial charge >= 0.3 is 27.6 Å². The highest BCUT2D eigenvalue weighted by Crippen LogP contribution is 2.43. The summed E-state index contributed by atoms with van der Waals surface area (Å²) in [4.78, 5) is 52.5. The first-order valence-corrected chi connectivity index (χ1v) is 23.7. The number of hydrogen-bond acceptors (Lipinski definition) is 10. The summed E-state index contributed by atoms with van der Waals surface area (Å²) in [5.74, 6) is -1.07. The minimum atomic E-state index is -4.86. The van der Waals surface area contributed by atoms with E-state index in [2.05, 4.69) is 59.4 Å². The van der Waals surface area contributed by atoms with Crippen LogP contribution in [0.2, 0.25) is 0 Å². The number of rotatable bonds is 39. The highest BCUT2D eigenvalue weighted by Gasteiger charge is 2.28. The Balaban J connectivity index is 4.61. The Morgan fingerprint density at radius 3 is 1.49 bits per heavy atom. The first kappa shape index (κ1) is 53.3. The zero-order valence-corrected chi connectivity index (χ0v) is 35.6. The molecule has 3 atom stereocenters. The monoisotopic (exact) mass is 824 g/mol. The molecule has 0 radical (unpaired) electrons. The number of carbonyl (C=O) groups excluding carboxylic acids is 2. The molecule has 0 aliphatic heterocycles. The number of aliphatic hydroxyl groups excluding tert-OH is 1. The molecule has 15 heteroatoms. The van der Waals surface area contributed by atoms with Gasteiger partial charge in [-0.2, -0.15) is 0 Å². The second-order valence-electron chi connectivity index (χ2n) is 13.9. The van der Waals surface area contributed by atoms with Crippen molar-refractivity contribution in [2.45, 2.75) is 180 Å². The van der Waals surface area contributed by atoms with Crippen LogP contribution in [0.1, 0.15) is 168 Å². The summed E-state index contributed by atoms with van der Waals surface area (Å²) in [5.41, 5.74) is 0. The minimum Gasteiger partial charge on any atom is -0.462 e. The topological polar surface area (TPSA) is 195 Å². The maximum atomic E-state index is 12.6. The lowest BCUT2D eigenvalue weighted by Gasteiger charge is -2.20. The summed E-state index contributed by atoms with van der Waals surface area (Å²) in [6, 6.07) is 0. The number of unbranched alkanes of at least 4 members (excludes halogenated alkanes) is 17. The van der Waals surface area contributed by atoms with Gasteiger partial charge in [-0.15, -0.1) is 0 Å². The number of hydrogen-bond donors (Lipinski definition) is 4. The zero-order chi connectivity index (χ0) is 40.9. The molecule has 0 aromatic carbocycles. The van der Waals surface area contributed by atoms with Crippen molar-refractivity contribution < 1.29 is 61.6 Å². The number of phosphoric ester groups is 2. The predicted molar refractivity (Wildman–Crippen MR) is 216 cm³/mol. The third-order valence-corrected chi connectivity index (χ3v) is 9.96. The quantitative estimate of drug-likeness (QED) is 0.0198. The minimum absolute atomic E-state index is 0.0841. The third-order valence-electron chi connectivity index (χ3n) is 8.52. The van der Waals surface area contributed by atoms with Crippen molar-refractivity contribution >= 4 is 27.6 Å². The van der Waals surface area contributed by atoms with Gasteiger partial charge in [0.2, 0.25) is 0 Å². The average molecular weight is 825 g/mol. The number of aliphatic hydroxyl groups is 1. The van der Waals surface area contributed by atoms with Crippen molar-refractivity contribution in [3.63, 3.8) is 0 Å². The zero-order valence-electron chi connectivity index (χ0n) is 33.8. The Morgan fingerprint density at radius 2 is 0.945 bits per heavy atom. The van der Waals surface area contributed by atoms with Crippen LogP contribution in [0.15, 0.2) is 36.5 Å². The molecule has 0 aromatic heterocycles. The number of ether oxygens (including phenoxy) is 2. The molecule has 0 aliphatic carbocycles. The summed E-state index contributed by atoms with van der Waals surface area (Å²) in [6.45, 7) is 1.69. The Labute approximate surface area is 331 Å². The van der Waals surface area contributed by atoms with Crippen molar-refractivity contribution in [2.75, 3.05) is 26.4 Å². The van der Waals surface area contributed by atoms with Crippen molar-refractivity contribution in [3.8, 4) is 0 Å². The van der Waals surface area contributed by atoms with Crippen molar-refractivity contribution in [3.05, 3.63) is 36.5 Å². The lowest BCUT2D eigenvalue weighted by Crippen LogP contribution is -2.30. The van der Waals surface area contributed by atoms with E-state index in [1.54, 1.807) is 0 Å². The molecule has 322 valence electrons. The Hall–Kier alpha value is -1.66. The first-order valence-electron chi connectivity index (χ1n) is 20.7. The summed E-state index contributed by atoms with van der Waals surface area (Å²) in [5, 5.41) is 9.72. The van der Waals surface area contributed by atoms with Gasteiger partial charge in [0.25, 0.3) is 0 Å². The first-order chi connectivity index (χ1) is 26.4. The number of phosphoric acid groups is 2. The summed E-state index contributed by atoms with van der Waals surface area (Å²) in [6.07, 6.45) is 34.3. The predicted octanol–water partition coefficient (Wildman–Crippen LogP) is 10.1. The molecule has 0 aliphatic rings. The lowest BCUT2D eigenvalue weighted by molar-refractivity contribution is -0.161. The Bertz CT molecular complexity index is 1120. The van der Waals surface area contributed by atoms with Crippen LogP contribution in [-0.4, -0.2) is 70.4 Å². The van der Waals surface area contributed by atoms with Crippen LogP contribution >= 0.6 is 15.6 Å². The summed E-state index contributed by atoms with van der Waals surface area (Å²) >= 11 is 0. The molecular formula is C40H74O13P2. The van der Waals surface area contributed by atoms with Gasteiger partial charge < -0.3 is 29.3 Å². The van der Waals surface area contributed by atoms with Gasteiger partial charge in [0.15, 0.2) is 6.10 Å². The summed E-state index contributed by atoms with van der Waals surface area (Å²) in [7, 11) is -9.67. The third kappa shape index (κ3) is 40.3. The molecule has 0 bridgehead atoms. The molecule has 0 saturated carbocycles. The second-order valence-corrected chi connectivity index (χ2v) is 16.6. The molecule has 0 aromatic rings. The van der Waals surface area contributed by atoms with Gasteiger partial charge in [-0.3, -0.25) is 23.2 Å². The van der Waals surface area contributed by atoms with E-state index in [0.29, 0.717) is 12.8 Å². The normalized spacial score (nSPS) is 14.5. The fraction of sp³-hybridized carbons (Fsp3) is 0.800. The van der Waals surface area contributed by atoms with Crippen LogP contribution in [0.5, 0.6) is 0 Å². The van der Waals surface area contributed by atoms with Crippen LogP contribution in [-0.2, 0) is 41.8 Å². The van der Waals surface area contributed by atoms with E-state index in [-0.39, 0.29) is 12.8 Å². The second kappa shape index (κ2) is 36.7. The van der Waals surface area contributed by atoms with E-state index >= 15 is 0 Å². The maximum Gasteiger partial charge on any atom is 0.472 e. The van der Waals surface area contributed by atoms with E-state index in [1.807, 2.05) is 0 Å². The van der Waals surface area contributed by atoms with E-state index in [9.17, 15) is 28.7 Å². The van der Waals surface area contributed by atoms with Crippen LogP contribution in [0.25, 0.3) is 0 Å². The van der Waals surface area contributed by atoms with E-state index in [1.165, 1.54) is 77.0 Å². The van der Waals surface area contributed by atoms with Crippen LogP contribution < -0.4 is 0 Å². The highest BCUT2D eigenvalue weighted by molar-refractivity contribution is 7.47. The van der Waals surface area contributed by atoms with E-state index < -0.39 is 66.2 Å². The standard InChI is InChI=1S/C40H74O13P2/c1-3-5-7-9-11-13-15-17-18-20-22-24-26-28-30-32-40(43)53-38(36-52-55(47,48)51-34-37(41)33-50-54(44,45)46)35-49-39(42)31-29-27-25-23-21-19-16-14-12-10-8-6-4-2/h11,13,17-18,22,24,37-38,41H,3-10,12,14-16,19-21,23,25-36H2,1-2H3,(H,47,48)(H2,44,45,46)/b13-11-,18-17-,24-22-/t37-,38+/m0/s1. The Kier molecular flexibility index (Phi) is 35.6. The molecule has 0 spiro atoms. The van der Waals surface area contributed by atoms with Gasteiger partial charge in [0.05, 0.1) is 19.8 Å². The molecule has 0 rings (SSSR count). The van der Waals surface area contributed by atoms with Crippen molar-refractivity contribution in [1.29, 1.82) is 0 Å². The molecule has 0 saturated heterocycles. The number of allylic oxidation sites excluding steroid dienone is 6. The average Bonchev–Trinajstić information content (AvgIpc) is 3.14. The fourth-order valence-electron chi connectivity index (χ4n) is 5.35. The molecule has 13 nitrogen and oxygen atoms in total. The molecule has 4 N–H and O–H groups in total. The number of esters is 2. The highest BCUT2D eigenvalue weighted by atomic mass is 31.2. The number of carbonyl (C=O) groups is 2. The molecular weight excluding hydrogens is 750 g/mol. The van der Waals surface area contributed by atoms with Gasteiger partial charge in [0, 0.05) is 12.8 Å². The molecule has 0 heterocycles. The van der Waals surface area contributed by atoms with Gasteiger partial charge in [-0.05, 0) is 51.4 Å². The molecule has 1 unspecified atom stereocenters. The van der Waals surface area contributed by atoms with Gasteiger partial charge in [-0.1, -0.05) is 140 Å². The van der Waals surface area contributed by atoms with Gasteiger partial charge in [-0.25, -0.2) is 9.13 Å². The van der Waals surface area contributed by atoms with Crippen LogP contribution in [0.4, 0.5) is 0 Å². The largest absolute Gasteiger partial charge is 0.472 e. The van der Waals surface area contributed by atoms with Crippen molar-refractivity contribution in [1.82, 2.24) is 0 Å². The lowest BCUT2D eigenvalue weighted by atomic mass is 10.0. The van der Waals surface area contributed by atoms with Crippen LogP contribution in [0, 0.1) is 0 Å². The molecule has 0 fully saturated rings. The van der Waals surface area contributed by atoms with E-state index in [4.69, 9.17) is 23.8 Å². The Morgan fingerprint density at radius 1 is 0.527 bits per heavy atom. The van der Waals surface area contributed by atoms with Gasteiger partial charge in [0.1, 0.15) is 12.7 Å². The SMILES string of the molecule is CCCCC/C=C\C/C=C\C/C=C\CCCCC(=O)O[C@H](COC(=O)CCCCCCCCCCCCCCC)COP(=O)(O)OC[C@@H](O)COP(=O)(O)O. The van der Waals surface area contributed by atoms with Crippen molar-refractivity contribution in [2.24, 2.45) is 0 Å². The summed E-state index contributed by atoms with van der Waals surface area (Å²) < 4.78 is 47.6.